The molecule has 0 bridgehead atoms. The summed E-state index contributed by atoms with van der Waals surface area (Å²) in [5.41, 5.74) is 1.24. The molecule has 7 heteroatoms. The monoisotopic (exact) mass is 401 g/mol. The minimum atomic E-state index is -0.420. The zero-order valence-electron chi connectivity index (χ0n) is 15.1. The summed E-state index contributed by atoms with van der Waals surface area (Å²) in [6.07, 6.45) is 0.804. The zero-order chi connectivity index (χ0) is 19.4. The van der Waals surface area contributed by atoms with Gasteiger partial charge in [-0.3, -0.25) is 14.2 Å². The molecule has 1 atom stereocenters. The number of anilines is 1. The fourth-order valence-corrected chi connectivity index (χ4v) is 3.71. The molecule has 1 N–H and O–H groups in total. The van der Waals surface area contributed by atoms with Crippen LogP contribution >= 0.6 is 23.4 Å². The fourth-order valence-electron chi connectivity index (χ4n) is 2.65. The maximum absolute atomic E-state index is 12.8. The van der Waals surface area contributed by atoms with Gasteiger partial charge in [0.05, 0.1) is 16.2 Å². The van der Waals surface area contributed by atoms with Gasteiger partial charge in [0, 0.05) is 17.3 Å². The molecule has 3 aromatic rings. The molecule has 0 unspecified atom stereocenters. The third-order valence-corrected chi connectivity index (χ3v) is 5.38. The van der Waals surface area contributed by atoms with Crippen molar-refractivity contribution in [2.24, 2.45) is 0 Å². The van der Waals surface area contributed by atoms with Crippen molar-refractivity contribution in [3.05, 3.63) is 63.9 Å². The Morgan fingerprint density at radius 2 is 1.93 bits per heavy atom. The predicted octanol–water partition coefficient (Wildman–Crippen LogP) is 4.58. The van der Waals surface area contributed by atoms with Crippen molar-refractivity contribution in [2.75, 3.05) is 5.32 Å². The first-order valence-corrected chi connectivity index (χ1v) is 9.98. The van der Waals surface area contributed by atoms with Crippen LogP contribution in [-0.2, 0) is 11.3 Å². The Labute approximate surface area is 166 Å². The number of amides is 1. The third-order valence-electron chi connectivity index (χ3n) is 4.04. The molecular formula is C20H20ClN3O2S. The molecule has 2 aromatic carbocycles. The third kappa shape index (κ3) is 4.51. The predicted molar refractivity (Wildman–Crippen MR) is 112 cm³/mol. The number of thioether (sulfide) groups is 1. The van der Waals surface area contributed by atoms with Gasteiger partial charge in [0.2, 0.25) is 5.91 Å². The molecule has 0 saturated heterocycles. The fraction of sp³-hybridized carbons (Fsp3) is 0.250. The Balaban J connectivity index is 1.85. The lowest BCUT2D eigenvalue weighted by Crippen LogP contribution is -2.27. The van der Waals surface area contributed by atoms with Crippen LogP contribution in [0, 0.1) is 0 Å². The number of hydrogen-bond acceptors (Lipinski definition) is 4. The van der Waals surface area contributed by atoms with E-state index in [-0.39, 0.29) is 11.5 Å². The summed E-state index contributed by atoms with van der Waals surface area (Å²) in [5.74, 6) is -0.159. The van der Waals surface area contributed by atoms with Crippen molar-refractivity contribution < 1.29 is 4.79 Å². The summed E-state index contributed by atoms with van der Waals surface area (Å²) in [6, 6.07) is 14.2. The quantitative estimate of drug-likeness (QED) is 0.485. The van der Waals surface area contributed by atoms with E-state index in [1.54, 1.807) is 41.8 Å². The van der Waals surface area contributed by atoms with Gasteiger partial charge in [0.15, 0.2) is 5.16 Å². The first-order valence-electron chi connectivity index (χ1n) is 8.72. The topological polar surface area (TPSA) is 64.0 Å². The molecule has 0 saturated carbocycles. The summed E-state index contributed by atoms with van der Waals surface area (Å²) in [7, 11) is 0. The van der Waals surface area contributed by atoms with E-state index < -0.39 is 5.25 Å². The molecule has 1 heterocycles. The minimum absolute atomic E-state index is 0.0738. The van der Waals surface area contributed by atoms with Crippen LogP contribution < -0.4 is 10.9 Å². The highest BCUT2D eigenvalue weighted by Gasteiger charge is 2.19. The zero-order valence-corrected chi connectivity index (χ0v) is 16.7. The van der Waals surface area contributed by atoms with Crippen LogP contribution in [0.25, 0.3) is 10.9 Å². The molecule has 0 spiro atoms. The average Bonchev–Trinajstić information content (AvgIpc) is 2.66. The number of para-hydroxylation sites is 1. The number of nitrogens with one attached hydrogen (secondary N) is 1. The molecule has 5 nitrogen and oxygen atoms in total. The van der Waals surface area contributed by atoms with E-state index in [9.17, 15) is 9.59 Å². The smallest absolute Gasteiger partial charge is 0.262 e. The number of nitrogens with zero attached hydrogens (tertiary/aromatic N) is 2. The summed E-state index contributed by atoms with van der Waals surface area (Å²) in [5, 5.41) is 4.20. The van der Waals surface area contributed by atoms with Crippen LogP contribution in [0.3, 0.4) is 0 Å². The summed E-state index contributed by atoms with van der Waals surface area (Å²) in [4.78, 5) is 30.0. The van der Waals surface area contributed by atoms with Crippen LogP contribution in [0.15, 0.2) is 58.5 Å². The molecule has 27 heavy (non-hydrogen) atoms. The van der Waals surface area contributed by atoms with Gasteiger partial charge in [-0.25, -0.2) is 4.98 Å². The highest BCUT2D eigenvalue weighted by atomic mass is 35.5. The average molecular weight is 402 g/mol. The Kier molecular flexibility index (Phi) is 6.19. The second kappa shape index (κ2) is 8.59. The van der Waals surface area contributed by atoms with Gasteiger partial charge < -0.3 is 5.32 Å². The van der Waals surface area contributed by atoms with Crippen molar-refractivity contribution in [3.63, 3.8) is 0 Å². The van der Waals surface area contributed by atoms with Gasteiger partial charge in [-0.1, -0.05) is 42.4 Å². The Morgan fingerprint density at radius 3 is 2.63 bits per heavy atom. The summed E-state index contributed by atoms with van der Waals surface area (Å²) >= 11 is 7.15. The summed E-state index contributed by atoms with van der Waals surface area (Å²) < 4.78 is 1.65. The number of carbonyl (C=O) groups excluding carboxylic acids is 1. The lowest BCUT2D eigenvalue weighted by atomic mass is 10.2. The molecule has 1 aromatic heterocycles. The van der Waals surface area contributed by atoms with Crippen LogP contribution in [0.4, 0.5) is 5.69 Å². The van der Waals surface area contributed by atoms with Gasteiger partial charge in [0.25, 0.3) is 5.56 Å². The molecule has 0 aliphatic heterocycles. The lowest BCUT2D eigenvalue weighted by molar-refractivity contribution is -0.115. The first-order chi connectivity index (χ1) is 13.0. The molecule has 3 rings (SSSR count). The Morgan fingerprint density at radius 1 is 1.22 bits per heavy atom. The Bertz CT molecular complexity index is 1020. The van der Waals surface area contributed by atoms with Crippen molar-refractivity contribution in [1.82, 2.24) is 9.55 Å². The molecule has 0 aliphatic rings. The van der Waals surface area contributed by atoms with E-state index in [2.05, 4.69) is 10.3 Å². The summed E-state index contributed by atoms with van der Waals surface area (Å²) in [6.45, 7) is 4.37. The van der Waals surface area contributed by atoms with Crippen LogP contribution in [0.1, 0.15) is 20.3 Å². The first kappa shape index (κ1) is 19.5. The largest absolute Gasteiger partial charge is 0.325 e. The van der Waals surface area contributed by atoms with E-state index >= 15 is 0 Å². The number of hydrogen-bond donors (Lipinski definition) is 1. The molecule has 0 aliphatic carbocycles. The maximum Gasteiger partial charge on any atom is 0.262 e. The molecule has 140 valence electrons. The van der Waals surface area contributed by atoms with E-state index in [4.69, 9.17) is 11.6 Å². The van der Waals surface area contributed by atoms with Gasteiger partial charge >= 0.3 is 0 Å². The van der Waals surface area contributed by atoms with E-state index in [0.29, 0.717) is 33.3 Å². The molecule has 1 amide bonds. The van der Waals surface area contributed by atoms with Gasteiger partial charge in [0.1, 0.15) is 0 Å². The highest BCUT2D eigenvalue weighted by Crippen LogP contribution is 2.24. The molecule has 0 radical (unpaired) electrons. The SMILES string of the molecule is CCCn1c(S[C@@H](C)C(=O)Nc2ccc(Cl)cc2)nc2ccccc2c1=O. The van der Waals surface area contributed by atoms with Crippen molar-refractivity contribution in [1.29, 1.82) is 0 Å². The van der Waals surface area contributed by atoms with Crippen molar-refractivity contribution >= 4 is 45.9 Å². The minimum Gasteiger partial charge on any atom is -0.325 e. The number of fused-ring (bicyclic) bond motifs is 1. The van der Waals surface area contributed by atoms with Gasteiger partial charge in [-0.2, -0.15) is 0 Å². The number of rotatable bonds is 6. The number of benzene rings is 2. The maximum atomic E-state index is 12.8. The second-order valence-corrected chi connectivity index (χ2v) is 7.87. The number of halogens is 1. The highest BCUT2D eigenvalue weighted by molar-refractivity contribution is 8.00. The van der Waals surface area contributed by atoms with Gasteiger partial charge in [-0.05, 0) is 49.7 Å². The van der Waals surface area contributed by atoms with Crippen LogP contribution in [0.2, 0.25) is 5.02 Å². The van der Waals surface area contributed by atoms with E-state index in [1.807, 2.05) is 25.1 Å². The number of aromatic nitrogens is 2. The van der Waals surface area contributed by atoms with E-state index in [0.717, 1.165) is 6.42 Å². The lowest BCUT2D eigenvalue weighted by Gasteiger charge is -2.16. The standard InChI is InChI=1S/C20H20ClN3O2S/c1-3-12-24-19(26)16-6-4-5-7-17(16)23-20(24)27-13(2)18(25)22-15-10-8-14(21)9-11-15/h4-11,13H,3,12H2,1-2H3,(H,22,25)/t13-/m0/s1. The number of carbonyl (C=O) groups is 1. The normalized spacial score (nSPS) is 12.1. The van der Waals surface area contributed by atoms with Crippen LogP contribution in [-0.4, -0.2) is 20.7 Å². The van der Waals surface area contributed by atoms with E-state index in [1.165, 1.54) is 11.8 Å². The Hall–Kier alpha value is -2.31. The second-order valence-electron chi connectivity index (χ2n) is 6.12. The molecule has 0 fully saturated rings. The van der Waals surface area contributed by atoms with Crippen molar-refractivity contribution in [2.45, 2.75) is 37.2 Å². The van der Waals surface area contributed by atoms with Crippen molar-refractivity contribution in [3.8, 4) is 0 Å². The molecular weight excluding hydrogens is 382 g/mol. The van der Waals surface area contributed by atoms with Gasteiger partial charge in [-0.15, -0.1) is 0 Å². The van der Waals surface area contributed by atoms with Crippen LogP contribution in [0.5, 0.6) is 0 Å².